The summed E-state index contributed by atoms with van der Waals surface area (Å²) in [6.45, 7) is 5.67. The van der Waals surface area contributed by atoms with Gasteiger partial charge in [0, 0.05) is 16.8 Å². The van der Waals surface area contributed by atoms with Crippen molar-refractivity contribution in [2.45, 2.75) is 20.8 Å². The molecule has 1 aromatic rings. The maximum absolute atomic E-state index is 11.6. The summed E-state index contributed by atoms with van der Waals surface area (Å²) in [6, 6.07) is 0. The van der Waals surface area contributed by atoms with E-state index >= 15 is 0 Å². The third-order valence-electron chi connectivity index (χ3n) is 2.45. The number of rotatable bonds is 3. The quantitative estimate of drug-likeness (QED) is 0.627. The van der Waals surface area contributed by atoms with Crippen LogP contribution in [-0.2, 0) is 0 Å². The fourth-order valence-corrected chi connectivity index (χ4v) is 1.80. The largest absolute Gasteiger partial charge is 0.496 e. The monoisotopic (exact) mass is 271 g/mol. The number of aromatic nitrogens is 1. The highest BCUT2D eigenvalue weighted by Gasteiger charge is 2.16. The summed E-state index contributed by atoms with van der Waals surface area (Å²) >= 11 is 3.14. The lowest BCUT2D eigenvalue weighted by atomic mass is 10.1. The predicted octanol–water partition coefficient (Wildman–Crippen LogP) is 2.59. The first-order chi connectivity index (χ1) is 7.02. The summed E-state index contributed by atoms with van der Waals surface area (Å²) in [7, 11) is 1.61. The molecule has 0 bridgehead atoms. The van der Waals surface area contributed by atoms with E-state index in [1.807, 2.05) is 20.8 Å². The first-order valence-electron chi connectivity index (χ1n) is 4.63. The van der Waals surface area contributed by atoms with Gasteiger partial charge in [-0.2, -0.15) is 0 Å². The van der Waals surface area contributed by atoms with Gasteiger partial charge in [-0.3, -0.25) is 4.79 Å². The molecular formula is C11H14BrNO2. The number of carbonyl (C=O) groups excluding carboxylic acids is 1. The van der Waals surface area contributed by atoms with Gasteiger partial charge in [-0.25, -0.2) is 4.98 Å². The van der Waals surface area contributed by atoms with Crippen molar-refractivity contribution >= 4 is 21.7 Å². The average molecular weight is 272 g/mol. The summed E-state index contributed by atoms with van der Waals surface area (Å²) in [6.07, 6.45) is 0. The lowest BCUT2D eigenvalue weighted by Crippen LogP contribution is -2.10. The van der Waals surface area contributed by atoms with Crippen LogP contribution in [0.5, 0.6) is 5.75 Å². The van der Waals surface area contributed by atoms with Gasteiger partial charge in [0.2, 0.25) is 0 Å². The highest BCUT2D eigenvalue weighted by Crippen LogP contribution is 2.27. The number of hydrogen-bond donors (Lipinski definition) is 0. The van der Waals surface area contributed by atoms with Crippen LogP contribution >= 0.6 is 15.9 Å². The van der Waals surface area contributed by atoms with Crippen molar-refractivity contribution in [3.63, 3.8) is 0 Å². The second-order valence-electron chi connectivity index (χ2n) is 3.39. The van der Waals surface area contributed by atoms with Gasteiger partial charge in [0.1, 0.15) is 11.4 Å². The third kappa shape index (κ3) is 2.20. The van der Waals surface area contributed by atoms with Crippen LogP contribution in [-0.4, -0.2) is 23.2 Å². The van der Waals surface area contributed by atoms with Gasteiger partial charge >= 0.3 is 0 Å². The van der Waals surface area contributed by atoms with Crippen molar-refractivity contribution in [1.29, 1.82) is 0 Å². The van der Waals surface area contributed by atoms with Gasteiger partial charge in [-0.05, 0) is 20.8 Å². The van der Waals surface area contributed by atoms with Crippen LogP contribution in [0, 0.1) is 20.8 Å². The Morgan fingerprint density at radius 1 is 1.33 bits per heavy atom. The first kappa shape index (κ1) is 12.2. The molecule has 0 atom stereocenters. The molecule has 0 N–H and O–H groups in total. The van der Waals surface area contributed by atoms with E-state index in [0.29, 0.717) is 5.69 Å². The van der Waals surface area contributed by atoms with Gasteiger partial charge in [-0.15, -0.1) is 0 Å². The fourth-order valence-electron chi connectivity index (χ4n) is 1.53. The molecule has 1 aromatic heterocycles. The zero-order chi connectivity index (χ0) is 11.6. The predicted molar refractivity (Wildman–Crippen MR) is 63.1 cm³/mol. The summed E-state index contributed by atoms with van der Waals surface area (Å²) in [5.74, 6) is 0.737. The molecule has 82 valence electrons. The number of pyridine rings is 1. The summed E-state index contributed by atoms with van der Waals surface area (Å²) in [4.78, 5) is 15.9. The van der Waals surface area contributed by atoms with E-state index in [4.69, 9.17) is 4.74 Å². The zero-order valence-corrected chi connectivity index (χ0v) is 10.9. The maximum atomic E-state index is 11.6. The first-order valence-corrected chi connectivity index (χ1v) is 5.76. The molecule has 3 nitrogen and oxygen atoms in total. The topological polar surface area (TPSA) is 39.2 Å². The van der Waals surface area contributed by atoms with Crippen molar-refractivity contribution in [2.75, 3.05) is 12.4 Å². The standard InChI is InChI=1S/C11H14BrNO2/c1-6-8(3)13-10(9(14)5-12)7(2)11(6)15-4/h5H2,1-4H3. The Morgan fingerprint density at radius 2 is 1.93 bits per heavy atom. The summed E-state index contributed by atoms with van der Waals surface area (Å²) in [5, 5.41) is 0.284. The molecule has 0 amide bonds. The minimum atomic E-state index is -0.0195. The van der Waals surface area contributed by atoms with E-state index in [2.05, 4.69) is 20.9 Å². The SMILES string of the molecule is COc1c(C)c(C)nc(C(=O)CBr)c1C. The molecule has 0 aromatic carbocycles. The zero-order valence-electron chi connectivity index (χ0n) is 9.35. The van der Waals surface area contributed by atoms with Gasteiger partial charge in [-0.1, -0.05) is 15.9 Å². The number of nitrogens with zero attached hydrogens (tertiary/aromatic N) is 1. The molecule has 0 saturated carbocycles. The lowest BCUT2D eigenvalue weighted by molar-refractivity contribution is 0.101. The number of Topliss-reactive ketones (excluding diaryl/α,β-unsaturated/α-hetero) is 1. The third-order valence-corrected chi connectivity index (χ3v) is 2.96. The molecule has 4 heteroatoms. The van der Waals surface area contributed by atoms with Crippen molar-refractivity contribution in [2.24, 2.45) is 0 Å². The smallest absolute Gasteiger partial charge is 0.192 e. The molecule has 0 spiro atoms. The van der Waals surface area contributed by atoms with Crippen LogP contribution < -0.4 is 4.74 Å². The Morgan fingerprint density at radius 3 is 2.40 bits per heavy atom. The van der Waals surface area contributed by atoms with Crippen LogP contribution in [0.25, 0.3) is 0 Å². The number of halogens is 1. The van der Waals surface area contributed by atoms with Crippen LogP contribution in [0.4, 0.5) is 0 Å². The minimum Gasteiger partial charge on any atom is -0.496 e. The number of hydrogen-bond acceptors (Lipinski definition) is 3. The Kier molecular flexibility index (Phi) is 3.85. The van der Waals surface area contributed by atoms with Crippen LogP contribution in [0.2, 0.25) is 0 Å². The normalized spacial score (nSPS) is 10.2. The van der Waals surface area contributed by atoms with Gasteiger partial charge in [0.15, 0.2) is 5.78 Å². The molecule has 0 unspecified atom stereocenters. The van der Waals surface area contributed by atoms with Crippen molar-refractivity contribution < 1.29 is 9.53 Å². The molecule has 1 rings (SSSR count). The average Bonchev–Trinajstić information content (AvgIpc) is 2.23. The van der Waals surface area contributed by atoms with E-state index < -0.39 is 0 Å². The van der Waals surface area contributed by atoms with Gasteiger partial charge < -0.3 is 4.74 Å². The van der Waals surface area contributed by atoms with Crippen molar-refractivity contribution in [1.82, 2.24) is 4.98 Å². The molecule has 0 fully saturated rings. The molecule has 15 heavy (non-hydrogen) atoms. The van der Waals surface area contributed by atoms with Gasteiger partial charge in [0.05, 0.1) is 12.4 Å². The Bertz CT molecular complexity index is 402. The molecule has 0 aliphatic heterocycles. The number of methoxy groups -OCH3 is 1. The summed E-state index contributed by atoms with van der Waals surface area (Å²) in [5.41, 5.74) is 3.12. The lowest BCUT2D eigenvalue weighted by Gasteiger charge is -2.13. The molecule has 1 heterocycles. The van der Waals surface area contributed by atoms with Gasteiger partial charge in [0.25, 0.3) is 0 Å². The number of ketones is 1. The van der Waals surface area contributed by atoms with E-state index in [1.54, 1.807) is 7.11 Å². The molecule has 0 aliphatic carbocycles. The van der Waals surface area contributed by atoms with Crippen molar-refractivity contribution in [3.05, 3.63) is 22.5 Å². The van der Waals surface area contributed by atoms with E-state index in [1.165, 1.54) is 0 Å². The number of carbonyl (C=O) groups is 1. The number of alkyl halides is 1. The van der Waals surface area contributed by atoms with Crippen LogP contribution in [0.3, 0.4) is 0 Å². The van der Waals surface area contributed by atoms with Crippen molar-refractivity contribution in [3.8, 4) is 5.75 Å². The highest BCUT2D eigenvalue weighted by molar-refractivity contribution is 9.09. The Labute approximate surface area is 98.0 Å². The highest BCUT2D eigenvalue weighted by atomic mass is 79.9. The minimum absolute atomic E-state index is 0.0195. The maximum Gasteiger partial charge on any atom is 0.192 e. The van der Waals surface area contributed by atoms with E-state index in [-0.39, 0.29) is 11.1 Å². The van der Waals surface area contributed by atoms with Crippen LogP contribution in [0.1, 0.15) is 27.3 Å². The molecule has 0 aliphatic rings. The van der Waals surface area contributed by atoms with Crippen LogP contribution in [0.15, 0.2) is 0 Å². The number of ether oxygens (including phenoxy) is 1. The second kappa shape index (κ2) is 4.75. The molecule has 0 saturated heterocycles. The Balaban J connectivity index is 3.43. The van der Waals surface area contributed by atoms with E-state index in [9.17, 15) is 4.79 Å². The second-order valence-corrected chi connectivity index (χ2v) is 3.95. The molecule has 0 radical (unpaired) electrons. The van der Waals surface area contributed by atoms with E-state index in [0.717, 1.165) is 22.6 Å². The summed E-state index contributed by atoms with van der Waals surface area (Å²) < 4.78 is 5.28. The fraction of sp³-hybridized carbons (Fsp3) is 0.455. The molecular weight excluding hydrogens is 258 g/mol. The number of aryl methyl sites for hydroxylation is 1. The Hall–Kier alpha value is -0.900.